The van der Waals surface area contributed by atoms with Crippen molar-refractivity contribution in [1.82, 2.24) is 20.0 Å². The topological polar surface area (TPSA) is 72.8 Å². The van der Waals surface area contributed by atoms with Crippen molar-refractivity contribution in [2.45, 2.75) is 19.5 Å². The minimum atomic E-state index is -0.0404. The number of benzene rings is 1. The minimum absolute atomic E-state index is 0.0404. The van der Waals surface area contributed by atoms with Crippen LogP contribution in [0.5, 0.6) is 5.75 Å². The zero-order chi connectivity index (χ0) is 19.5. The average molecular weight is 382 g/mol. The summed E-state index contributed by atoms with van der Waals surface area (Å²) < 4.78 is 5.23. The summed E-state index contributed by atoms with van der Waals surface area (Å²) in [5.74, 6) is 2.66. The normalized spacial score (nSPS) is 21.2. The molecule has 0 bridgehead atoms. The van der Waals surface area contributed by atoms with E-state index in [4.69, 9.17) is 9.73 Å². The number of methoxy groups -OCH3 is 1. The van der Waals surface area contributed by atoms with Crippen LogP contribution >= 0.6 is 0 Å². The fourth-order valence-corrected chi connectivity index (χ4v) is 3.67. The standard InChI is InChI=1S/C20H26N6O2/c1-15-14-26-7-6-21-18(19(26)23-15)24-8-10-25(11-9-24)20(27)22-13-16-4-3-5-17(12-16)28-2/h3-7,12,15H,8-11,13-14H2,1-2H3,(H,22,27). The highest BCUT2D eigenvalue weighted by Gasteiger charge is 2.32. The predicted octanol–water partition coefficient (Wildman–Crippen LogP) is 1.51. The van der Waals surface area contributed by atoms with Gasteiger partial charge in [0.25, 0.3) is 0 Å². The van der Waals surface area contributed by atoms with Crippen molar-refractivity contribution in [2.75, 3.05) is 39.8 Å². The van der Waals surface area contributed by atoms with Crippen molar-refractivity contribution in [3.05, 3.63) is 42.2 Å². The first kappa shape index (κ1) is 18.3. The van der Waals surface area contributed by atoms with Crippen LogP contribution in [0.3, 0.4) is 0 Å². The SMILES string of the molecule is COc1cccc(CNC(=O)N2CCN(C3=NC=CN4CC(C)N=C34)CC2)c1. The summed E-state index contributed by atoms with van der Waals surface area (Å²) >= 11 is 0. The molecule has 8 heteroatoms. The number of amides is 2. The van der Waals surface area contributed by atoms with Crippen molar-refractivity contribution in [3.8, 4) is 5.75 Å². The maximum atomic E-state index is 12.5. The number of piperazine rings is 1. The van der Waals surface area contributed by atoms with Gasteiger partial charge in [0.15, 0.2) is 11.7 Å². The number of nitrogens with zero attached hydrogens (tertiary/aromatic N) is 5. The average Bonchev–Trinajstić information content (AvgIpc) is 3.12. The summed E-state index contributed by atoms with van der Waals surface area (Å²) in [7, 11) is 1.64. The first-order chi connectivity index (χ1) is 13.6. The minimum Gasteiger partial charge on any atom is -0.497 e. The Balaban J connectivity index is 1.30. The van der Waals surface area contributed by atoms with Crippen LogP contribution in [0.25, 0.3) is 0 Å². The van der Waals surface area contributed by atoms with E-state index >= 15 is 0 Å². The molecule has 1 aromatic rings. The van der Waals surface area contributed by atoms with Gasteiger partial charge in [0.2, 0.25) is 0 Å². The number of amidine groups is 2. The molecule has 3 aliphatic heterocycles. The molecule has 1 N–H and O–H groups in total. The third-order valence-corrected chi connectivity index (χ3v) is 5.16. The van der Waals surface area contributed by atoms with Gasteiger partial charge in [0.1, 0.15) is 5.75 Å². The Morgan fingerprint density at radius 3 is 2.86 bits per heavy atom. The second-order valence-electron chi connectivity index (χ2n) is 7.19. The van der Waals surface area contributed by atoms with Gasteiger partial charge in [-0.3, -0.25) is 4.99 Å². The van der Waals surface area contributed by atoms with Crippen LogP contribution in [-0.2, 0) is 6.54 Å². The van der Waals surface area contributed by atoms with Gasteiger partial charge in [-0.25, -0.2) is 9.79 Å². The Labute approximate surface area is 165 Å². The van der Waals surface area contributed by atoms with Crippen molar-refractivity contribution in [3.63, 3.8) is 0 Å². The van der Waals surface area contributed by atoms with Gasteiger partial charge in [-0.15, -0.1) is 0 Å². The van der Waals surface area contributed by atoms with E-state index in [2.05, 4.69) is 27.0 Å². The van der Waals surface area contributed by atoms with Crippen LogP contribution in [0.4, 0.5) is 4.79 Å². The molecule has 0 spiro atoms. The fraction of sp³-hybridized carbons (Fsp3) is 0.450. The number of carbonyl (C=O) groups excluding carboxylic acids is 1. The fourth-order valence-electron chi connectivity index (χ4n) is 3.67. The highest BCUT2D eigenvalue weighted by molar-refractivity contribution is 6.41. The number of nitrogens with one attached hydrogen (secondary N) is 1. The number of fused-ring (bicyclic) bond motifs is 1. The molecule has 3 heterocycles. The molecule has 1 saturated heterocycles. The number of aliphatic imine (C=N–C) groups is 2. The summed E-state index contributed by atoms with van der Waals surface area (Å²) in [6.07, 6.45) is 3.81. The van der Waals surface area contributed by atoms with Crippen LogP contribution in [0, 0.1) is 0 Å². The van der Waals surface area contributed by atoms with E-state index in [1.165, 1.54) is 0 Å². The molecule has 1 aromatic carbocycles. The van der Waals surface area contributed by atoms with Crippen LogP contribution in [0.2, 0.25) is 0 Å². The van der Waals surface area contributed by atoms with Crippen LogP contribution < -0.4 is 10.1 Å². The van der Waals surface area contributed by atoms with E-state index < -0.39 is 0 Å². The smallest absolute Gasteiger partial charge is 0.317 e. The quantitative estimate of drug-likeness (QED) is 0.860. The Bertz CT molecular complexity index is 826. The summed E-state index contributed by atoms with van der Waals surface area (Å²) in [5, 5.41) is 3.00. The number of ether oxygens (including phenoxy) is 1. The zero-order valence-corrected chi connectivity index (χ0v) is 16.3. The van der Waals surface area contributed by atoms with Gasteiger partial charge in [-0.2, -0.15) is 0 Å². The molecular weight excluding hydrogens is 356 g/mol. The lowest BCUT2D eigenvalue weighted by Gasteiger charge is -2.37. The maximum absolute atomic E-state index is 12.5. The van der Waals surface area contributed by atoms with E-state index in [1.54, 1.807) is 7.11 Å². The molecule has 0 aliphatic carbocycles. The molecule has 148 valence electrons. The number of hydrogen-bond donors (Lipinski definition) is 1. The summed E-state index contributed by atoms with van der Waals surface area (Å²) in [6, 6.07) is 7.97. The van der Waals surface area contributed by atoms with Gasteiger partial charge in [-0.05, 0) is 24.6 Å². The third kappa shape index (κ3) is 3.81. The highest BCUT2D eigenvalue weighted by Crippen LogP contribution is 2.17. The van der Waals surface area contributed by atoms with E-state index in [9.17, 15) is 4.79 Å². The van der Waals surface area contributed by atoms with E-state index in [1.807, 2.05) is 41.6 Å². The molecular formula is C20H26N6O2. The Morgan fingerprint density at radius 2 is 2.07 bits per heavy atom. The Kier molecular flexibility index (Phi) is 5.18. The molecule has 0 saturated carbocycles. The summed E-state index contributed by atoms with van der Waals surface area (Å²) in [5.41, 5.74) is 1.02. The lowest BCUT2D eigenvalue weighted by atomic mass is 10.2. The Hall–Kier alpha value is -3.03. The van der Waals surface area contributed by atoms with Crippen molar-refractivity contribution in [2.24, 2.45) is 9.98 Å². The first-order valence-corrected chi connectivity index (χ1v) is 9.64. The highest BCUT2D eigenvalue weighted by atomic mass is 16.5. The second-order valence-corrected chi connectivity index (χ2v) is 7.19. The van der Waals surface area contributed by atoms with Gasteiger partial charge >= 0.3 is 6.03 Å². The summed E-state index contributed by atoms with van der Waals surface area (Å²) in [6.45, 7) is 6.32. The van der Waals surface area contributed by atoms with Crippen molar-refractivity contribution in [1.29, 1.82) is 0 Å². The van der Waals surface area contributed by atoms with Gasteiger partial charge in [-0.1, -0.05) is 12.1 Å². The van der Waals surface area contributed by atoms with Crippen LogP contribution in [0.15, 0.2) is 46.7 Å². The molecule has 1 atom stereocenters. The predicted molar refractivity (Wildman–Crippen MR) is 109 cm³/mol. The number of rotatable bonds is 3. The molecule has 1 fully saturated rings. The maximum Gasteiger partial charge on any atom is 0.317 e. The second kappa shape index (κ2) is 7.92. The number of carbonyl (C=O) groups is 1. The number of urea groups is 1. The van der Waals surface area contributed by atoms with Crippen LogP contribution in [-0.4, -0.2) is 78.3 Å². The molecule has 3 aliphatic rings. The molecule has 1 unspecified atom stereocenters. The largest absolute Gasteiger partial charge is 0.497 e. The van der Waals surface area contributed by atoms with E-state index in [0.29, 0.717) is 19.6 Å². The van der Waals surface area contributed by atoms with Gasteiger partial charge < -0.3 is 24.8 Å². The van der Waals surface area contributed by atoms with E-state index in [0.717, 1.165) is 42.6 Å². The Morgan fingerprint density at radius 1 is 1.25 bits per heavy atom. The van der Waals surface area contributed by atoms with Crippen molar-refractivity contribution >= 4 is 17.7 Å². The molecule has 28 heavy (non-hydrogen) atoms. The molecule has 2 amide bonds. The third-order valence-electron chi connectivity index (χ3n) is 5.16. The molecule has 8 nitrogen and oxygen atoms in total. The van der Waals surface area contributed by atoms with Gasteiger partial charge in [0.05, 0.1) is 13.2 Å². The lowest BCUT2D eigenvalue weighted by Crippen LogP contribution is -2.55. The monoisotopic (exact) mass is 382 g/mol. The van der Waals surface area contributed by atoms with Crippen LogP contribution in [0.1, 0.15) is 12.5 Å². The molecule has 4 rings (SSSR count). The molecule has 0 aromatic heterocycles. The number of hydrogen-bond acceptors (Lipinski definition) is 6. The lowest BCUT2D eigenvalue weighted by molar-refractivity contribution is 0.169. The summed E-state index contributed by atoms with van der Waals surface area (Å²) in [4.78, 5) is 28.0. The zero-order valence-electron chi connectivity index (χ0n) is 16.3. The van der Waals surface area contributed by atoms with E-state index in [-0.39, 0.29) is 12.1 Å². The van der Waals surface area contributed by atoms with Gasteiger partial charge in [0, 0.05) is 51.7 Å². The van der Waals surface area contributed by atoms with Crippen molar-refractivity contribution < 1.29 is 9.53 Å². The molecule has 0 radical (unpaired) electrons. The first-order valence-electron chi connectivity index (χ1n) is 9.64.